The van der Waals surface area contributed by atoms with E-state index in [0.717, 1.165) is 17.0 Å². The standard InChI is InChI=1S/C26H20F3N5O4/c1-15(33-14-22(35)32-20-7-4-12-30-23(20)33)31-21(16-8-10-17(11-9-16)38-26(27,28)29)13-34-24(36)18-5-2-3-6-19(18)25(34)37/h2-12,21,31H,1,13-14H2,(H,32,35). The Morgan fingerprint density at radius 2 is 1.68 bits per heavy atom. The first-order valence-electron chi connectivity index (χ1n) is 11.4. The molecule has 5 rings (SSSR count). The van der Waals surface area contributed by atoms with Crippen molar-refractivity contribution in [3.8, 4) is 5.75 Å². The number of halogens is 3. The van der Waals surface area contributed by atoms with Gasteiger partial charge in [0.15, 0.2) is 5.82 Å². The van der Waals surface area contributed by atoms with Crippen LogP contribution in [0, 0.1) is 0 Å². The molecule has 0 saturated heterocycles. The van der Waals surface area contributed by atoms with Crippen LogP contribution in [0.15, 0.2) is 79.3 Å². The third-order valence-electron chi connectivity index (χ3n) is 6.04. The molecule has 3 aromatic rings. The van der Waals surface area contributed by atoms with E-state index in [1.165, 1.54) is 17.0 Å². The number of ether oxygens (including phenoxy) is 1. The zero-order valence-corrected chi connectivity index (χ0v) is 19.7. The Kier molecular flexibility index (Phi) is 6.23. The van der Waals surface area contributed by atoms with E-state index in [1.807, 2.05) is 0 Å². The Balaban J connectivity index is 1.44. The molecule has 12 heteroatoms. The first kappa shape index (κ1) is 24.8. The summed E-state index contributed by atoms with van der Waals surface area (Å²) in [4.78, 5) is 45.2. The summed E-state index contributed by atoms with van der Waals surface area (Å²) < 4.78 is 41.9. The molecule has 194 valence electrons. The van der Waals surface area contributed by atoms with Crippen molar-refractivity contribution >= 4 is 29.2 Å². The molecule has 0 aliphatic carbocycles. The van der Waals surface area contributed by atoms with Gasteiger partial charge in [0.1, 0.15) is 18.1 Å². The molecule has 1 aromatic heterocycles. The summed E-state index contributed by atoms with van der Waals surface area (Å²) in [6.45, 7) is 3.76. The summed E-state index contributed by atoms with van der Waals surface area (Å²) in [7, 11) is 0. The molecule has 2 aromatic carbocycles. The van der Waals surface area contributed by atoms with Gasteiger partial charge in [0.2, 0.25) is 5.91 Å². The van der Waals surface area contributed by atoms with Crippen molar-refractivity contribution < 1.29 is 32.3 Å². The van der Waals surface area contributed by atoms with Gasteiger partial charge in [0, 0.05) is 6.20 Å². The van der Waals surface area contributed by atoms with Gasteiger partial charge in [-0.05, 0) is 42.0 Å². The fourth-order valence-corrected chi connectivity index (χ4v) is 4.34. The molecule has 0 bridgehead atoms. The van der Waals surface area contributed by atoms with Crippen molar-refractivity contribution in [1.29, 1.82) is 0 Å². The van der Waals surface area contributed by atoms with Gasteiger partial charge in [-0.1, -0.05) is 30.8 Å². The lowest BCUT2D eigenvalue weighted by Crippen LogP contribution is -2.45. The molecule has 1 atom stereocenters. The Morgan fingerprint density at radius 3 is 2.32 bits per heavy atom. The maximum Gasteiger partial charge on any atom is 0.573 e. The van der Waals surface area contributed by atoms with Crippen LogP contribution in [-0.4, -0.2) is 47.1 Å². The van der Waals surface area contributed by atoms with Gasteiger partial charge in [-0.3, -0.25) is 19.3 Å². The molecule has 9 nitrogen and oxygen atoms in total. The number of carbonyl (C=O) groups excluding carboxylic acids is 3. The van der Waals surface area contributed by atoms with E-state index in [2.05, 4.69) is 26.9 Å². The lowest BCUT2D eigenvalue weighted by atomic mass is 10.1. The quantitative estimate of drug-likeness (QED) is 0.454. The monoisotopic (exact) mass is 523 g/mol. The minimum absolute atomic E-state index is 0.103. The van der Waals surface area contributed by atoms with E-state index in [9.17, 15) is 27.6 Å². The number of aromatic nitrogens is 1. The molecule has 3 amide bonds. The number of nitrogens with zero attached hydrogens (tertiary/aromatic N) is 3. The first-order valence-corrected chi connectivity index (χ1v) is 11.4. The normalized spacial score (nSPS) is 15.5. The third kappa shape index (κ3) is 4.88. The highest BCUT2D eigenvalue weighted by Crippen LogP contribution is 2.31. The number of anilines is 2. The summed E-state index contributed by atoms with van der Waals surface area (Å²) in [5, 5.41) is 5.85. The molecule has 2 aliphatic heterocycles. The lowest BCUT2D eigenvalue weighted by molar-refractivity contribution is -0.274. The molecular weight excluding hydrogens is 503 g/mol. The molecule has 3 heterocycles. The summed E-state index contributed by atoms with van der Waals surface area (Å²) in [5.74, 6) is -1.06. The zero-order chi connectivity index (χ0) is 27.0. The number of fused-ring (bicyclic) bond motifs is 2. The third-order valence-corrected chi connectivity index (χ3v) is 6.04. The highest BCUT2D eigenvalue weighted by atomic mass is 19.4. The first-order chi connectivity index (χ1) is 18.1. The van der Waals surface area contributed by atoms with Crippen molar-refractivity contribution in [2.45, 2.75) is 12.4 Å². The van der Waals surface area contributed by atoms with E-state index in [0.29, 0.717) is 17.1 Å². The molecule has 0 spiro atoms. The average Bonchev–Trinajstić information content (AvgIpc) is 3.12. The summed E-state index contributed by atoms with van der Waals surface area (Å²) in [6.07, 6.45) is -3.31. The van der Waals surface area contributed by atoms with Crippen LogP contribution in [0.2, 0.25) is 0 Å². The molecule has 0 fully saturated rings. The molecule has 38 heavy (non-hydrogen) atoms. The number of hydrogen-bond acceptors (Lipinski definition) is 7. The van der Waals surface area contributed by atoms with Gasteiger partial charge >= 0.3 is 6.36 Å². The number of hydrogen-bond donors (Lipinski definition) is 2. The average molecular weight is 523 g/mol. The maximum atomic E-state index is 13.0. The minimum atomic E-state index is -4.86. The van der Waals surface area contributed by atoms with E-state index in [-0.39, 0.29) is 35.9 Å². The Labute approximate surface area is 214 Å². The van der Waals surface area contributed by atoms with Crippen molar-refractivity contribution in [3.63, 3.8) is 0 Å². The predicted molar refractivity (Wildman–Crippen MR) is 130 cm³/mol. The maximum absolute atomic E-state index is 13.0. The molecule has 0 saturated carbocycles. The second kappa shape index (κ2) is 9.54. The SMILES string of the molecule is C=C(NC(CN1C(=O)c2ccccc2C1=O)c1ccc(OC(F)(F)F)cc1)N1CC(=O)Nc2cccnc21. The van der Waals surface area contributed by atoms with Gasteiger partial charge in [-0.25, -0.2) is 4.98 Å². The Hall–Kier alpha value is -4.87. The second-order valence-electron chi connectivity index (χ2n) is 8.54. The molecule has 2 N–H and O–H groups in total. The number of imide groups is 1. The number of rotatable bonds is 7. The summed E-state index contributed by atoms with van der Waals surface area (Å²) >= 11 is 0. The number of alkyl halides is 3. The van der Waals surface area contributed by atoms with Gasteiger partial charge in [0.25, 0.3) is 11.8 Å². The molecule has 1 unspecified atom stereocenters. The predicted octanol–water partition coefficient (Wildman–Crippen LogP) is 3.84. The van der Waals surface area contributed by atoms with Crippen molar-refractivity contribution in [3.05, 3.63) is 96.0 Å². The van der Waals surface area contributed by atoms with Crippen molar-refractivity contribution in [2.24, 2.45) is 0 Å². The van der Waals surface area contributed by atoms with Gasteiger partial charge in [0.05, 0.1) is 29.4 Å². The fraction of sp³-hybridized carbons (Fsp3) is 0.154. The van der Waals surface area contributed by atoms with Crippen molar-refractivity contribution in [1.82, 2.24) is 15.2 Å². The molecule has 0 radical (unpaired) electrons. The van der Waals surface area contributed by atoms with Crippen LogP contribution < -0.4 is 20.3 Å². The van der Waals surface area contributed by atoms with Crippen LogP contribution in [0.1, 0.15) is 32.3 Å². The Bertz CT molecular complexity index is 1410. The van der Waals surface area contributed by atoms with Gasteiger partial charge < -0.3 is 20.3 Å². The van der Waals surface area contributed by atoms with Crippen LogP contribution in [-0.2, 0) is 4.79 Å². The topological polar surface area (TPSA) is 104 Å². The van der Waals surface area contributed by atoms with Gasteiger partial charge in [-0.15, -0.1) is 13.2 Å². The van der Waals surface area contributed by atoms with Crippen LogP contribution in [0.25, 0.3) is 0 Å². The van der Waals surface area contributed by atoms with Crippen LogP contribution in [0.4, 0.5) is 24.7 Å². The number of carbonyl (C=O) groups is 3. The van der Waals surface area contributed by atoms with E-state index < -0.39 is 30.0 Å². The number of pyridine rings is 1. The highest BCUT2D eigenvalue weighted by molar-refractivity contribution is 6.21. The van der Waals surface area contributed by atoms with E-state index in [4.69, 9.17) is 0 Å². The lowest BCUT2D eigenvalue weighted by Gasteiger charge is -2.34. The van der Waals surface area contributed by atoms with E-state index >= 15 is 0 Å². The van der Waals surface area contributed by atoms with Crippen LogP contribution in [0.5, 0.6) is 5.75 Å². The van der Waals surface area contributed by atoms with Gasteiger partial charge in [-0.2, -0.15) is 0 Å². The van der Waals surface area contributed by atoms with Crippen LogP contribution >= 0.6 is 0 Å². The number of nitrogens with one attached hydrogen (secondary N) is 2. The van der Waals surface area contributed by atoms with E-state index in [1.54, 1.807) is 42.6 Å². The largest absolute Gasteiger partial charge is 0.573 e. The van der Waals surface area contributed by atoms with Crippen molar-refractivity contribution in [2.75, 3.05) is 23.3 Å². The molecular formula is C26H20F3N5O4. The minimum Gasteiger partial charge on any atom is -0.406 e. The number of amides is 3. The molecule has 2 aliphatic rings. The zero-order valence-electron chi connectivity index (χ0n) is 19.7. The number of benzene rings is 2. The van der Waals surface area contributed by atoms with Crippen LogP contribution in [0.3, 0.4) is 0 Å². The summed E-state index contributed by atoms with van der Waals surface area (Å²) in [5.41, 5.74) is 1.43. The fourth-order valence-electron chi connectivity index (χ4n) is 4.34. The summed E-state index contributed by atoms with van der Waals surface area (Å²) in [6, 6.07) is 14.0. The smallest absolute Gasteiger partial charge is 0.406 e. The highest BCUT2D eigenvalue weighted by Gasteiger charge is 2.37. The Morgan fingerprint density at radius 1 is 1.03 bits per heavy atom. The second-order valence-corrected chi connectivity index (χ2v) is 8.54.